The van der Waals surface area contributed by atoms with Crippen molar-refractivity contribution in [1.82, 2.24) is 4.90 Å². The molecular weight excluding hydrogens is 378 g/mol. The number of piperazine rings is 1. The molecule has 0 unspecified atom stereocenters. The molecule has 0 spiro atoms. The summed E-state index contributed by atoms with van der Waals surface area (Å²) in [7, 11) is 0. The summed E-state index contributed by atoms with van der Waals surface area (Å²) in [5, 5.41) is 3.03. The highest BCUT2D eigenvalue weighted by atomic mass is 16.5. The molecule has 0 radical (unpaired) electrons. The molecule has 160 valence electrons. The van der Waals surface area contributed by atoms with E-state index >= 15 is 0 Å². The quantitative estimate of drug-likeness (QED) is 0.791. The molecule has 6 heteroatoms. The minimum atomic E-state index is -0.245. The van der Waals surface area contributed by atoms with Crippen molar-refractivity contribution in [2.75, 3.05) is 49.5 Å². The number of nitrogens with zero attached hydrogens (tertiary/aromatic N) is 2. The summed E-state index contributed by atoms with van der Waals surface area (Å²) in [4.78, 5) is 17.4. The fourth-order valence-corrected chi connectivity index (χ4v) is 4.19. The van der Waals surface area contributed by atoms with Crippen LogP contribution in [0.25, 0.3) is 0 Å². The van der Waals surface area contributed by atoms with Crippen molar-refractivity contribution >= 4 is 17.3 Å². The van der Waals surface area contributed by atoms with Gasteiger partial charge in [-0.15, -0.1) is 0 Å². The number of fused-ring (bicyclic) bond motifs is 1. The highest BCUT2D eigenvalue weighted by Gasteiger charge is 2.32. The van der Waals surface area contributed by atoms with Gasteiger partial charge in [0.25, 0.3) is 5.91 Å². The Morgan fingerprint density at radius 1 is 1.10 bits per heavy atom. The zero-order valence-corrected chi connectivity index (χ0v) is 18.1. The number of nitrogens with one attached hydrogen (secondary N) is 1. The Balaban J connectivity index is 1.39. The maximum atomic E-state index is 12.6. The Morgan fingerprint density at radius 3 is 2.63 bits per heavy atom. The van der Waals surface area contributed by atoms with Crippen LogP contribution >= 0.6 is 0 Å². The van der Waals surface area contributed by atoms with Crippen LogP contribution in [0.3, 0.4) is 0 Å². The second-order valence-corrected chi connectivity index (χ2v) is 8.56. The molecule has 1 saturated heterocycles. The van der Waals surface area contributed by atoms with Crippen LogP contribution < -0.4 is 19.7 Å². The monoisotopic (exact) mass is 409 g/mol. The molecular formula is C24H31N3O3. The first kappa shape index (κ1) is 20.5. The number of benzene rings is 2. The van der Waals surface area contributed by atoms with E-state index in [2.05, 4.69) is 42.0 Å². The zero-order valence-electron chi connectivity index (χ0n) is 18.1. The number of anilines is 2. The van der Waals surface area contributed by atoms with Crippen LogP contribution in [0, 0.1) is 0 Å². The Labute approximate surface area is 178 Å². The maximum Gasteiger partial charge on any atom is 0.262 e. The molecule has 0 bridgehead atoms. The molecule has 1 fully saturated rings. The predicted molar refractivity (Wildman–Crippen MR) is 120 cm³/mol. The summed E-state index contributed by atoms with van der Waals surface area (Å²) in [5.41, 5.74) is 2.76. The topological polar surface area (TPSA) is 54.0 Å². The van der Waals surface area contributed by atoms with E-state index in [1.54, 1.807) is 0 Å². The molecule has 2 aromatic rings. The second kappa shape index (κ2) is 8.56. The van der Waals surface area contributed by atoms with Gasteiger partial charge in [-0.2, -0.15) is 0 Å². The first-order valence-electron chi connectivity index (χ1n) is 10.7. The molecule has 0 saturated carbocycles. The molecule has 0 aliphatic carbocycles. The summed E-state index contributed by atoms with van der Waals surface area (Å²) in [6.07, 6.45) is 0.838. The fourth-order valence-electron chi connectivity index (χ4n) is 4.19. The van der Waals surface area contributed by atoms with Crippen LogP contribution in [0.15, 0.2) is 42.5 Å². The van der Waals surface area contributed by atoms with Crippen molar-refractivity contribution in [3.63, 3.8) is 0 Å². The van der Waals surface area contributed by atoms with Crippen molar-refractivity contribution in [2.45, 2.75) is 32.8 Å². The van der Waals surface area contributed by atoms with Gasteiger partial charge >= 0.3 is 0 Å². The SMILES string of the molecule is CCN1CCN(c2ccccc2NC(=O)COc2cccc3c2OC(C)(C)C3)CC1. The van der Waals surface area contributed by atoms with E-state index in [1.165, 1.54) is 0 Å². The molecule has 2 aromatic carbocycles. The Morgan fingerprint density at radius 2 is 1.87 bits per heavy atom. The fraction of sp³-hybridized carbons (Fsp3) is 0.458. The first-order valence-corrected chi connectivity index (χ1v) is 10.7. The van der Waals surface area contributed by atoms with Gasteiger partial charge in [-0.3, -0.25) is 4.79 Å². The van der Waals surface area contributed by atoms with Crippen LogP contribution in [-0.2, 0) is 11.2 Å². The van der Waals surface area contributed by atoms with Gasteiger partial charge in [0, 0.05) is 38.2 Å². The van der Waals surface area contributed by atoms with Gasteiger partial charge in [-0.1, -0.05) is 31.2 Å². The number of para-hydroxylation sites is 3. The highest BCUT2D eigenvalue weighted by molar-refractivity contribution is 5.95. The Bertz CT molecular complexity index is 904. The molecule has 1 amide bonds. The molecule has 2 heterocycles. The lowest BCUT2D eigenvalue weighted by molar-refractivity contribution is -0.118. The molecule has 6 nitrogen and oxygen atoms in total. The van der Waals surface area contributed by atoms with Gasteiger partial charge in [-0.05, 0) is 38.6 Å². The normalized spacial score (nSPS) is 17.9. The molecule has 30 heavy (non-hydrogen) atoms. The van der Waals surface area contributed by atoms with Gasteiger partial charge < -0.3 is 24.6 Å². The van der Waals surface area contributed by atoms with Crippen LogP contribution in [-0.4, -0.2) is 55.7 Å². The lowest BCUT2D eigenvalue weighted by atomic mass is 10.0. The number of hydrogen-bond donors (Lipinski definition) is 1. The van der Waals surface area contributed by atoms with Crippen molar-refractivity contribution in [3.05, 3.63) is 48.0 Å². The Hall–Kier alpha value is -2.73. The third kappa shape index (κ3) is 4.54. The van der Waals surface area contributed by atoms with E-state index in [0.717, 1.165) is 61.8 Å². The van der Waals surface area contributed by atoms with Crippen LogP contribution in [0.5, 0.6) is 11.5 Å². The van der Waals surface area contributed by atoms with E-state index in [1.807, 2.05) is 36.4 Å². The smallest absolute Gasteiger partial charge is 0.262 e. The van der Waals surface area contributed by atoms with Gasteiger partial charge in [-0.25, -0.2) is 0 Å². The second-order valence-electron chi connectivity index (χ2n) is 8.56. The molecule has 0 atom stereocenters. The summed E-state index contributed by atoms with van der Waals surface area (Å²) >= 11 is 0. The third-order valence-electron chi connectivity index (χ3n) is 5.75. The largest absolute Gasteiger partial charge is 0.483 e. The number of rotatable bonds is 6. The van der Waals surface area contributed by atoms with Crippen molar-refractivity contribution in [3.8, 4) is 11.5 Å². The molecule has 2 aliphatic rings. The standard InChI is InChI=1S/C24H31N3O3/c1-4-26-12-14-27(15-13-26)20-10-6-5-9-19(20)25-22(28)17-29-21-11-7-8-18-16-24(2,3)30-23(18)21/h5-11H,4,12-17H2,1-3H3,(H,25,28). The number of carbonyl (C=O) groups excluding carboxylic acids is 1. The van der Waals surface area contributed by atoms with Crippen molar-refractivity contribution in [2.24, 2.45) is 0 Å². The van der Waals surface area contributed by atoms with Crippen molar-refractivity contribution in [1.29, 1.82) is 0 Å². The van der Waals surface area contributed by atoms with E-state index in [4.69, 9.17) is 9.47 Å². The summed E-state index contributed by atoms with van der Waals surface area (Å²) in [6.45, 7) is 11.3. The van der Waals surface area contributed by atoms with Crippen LogP contribution in [0.1, 0.15) is 26.3 Å². The maximum absolute atomic E-state index is 12.6. The highest BCUT2D eigenvalue weighted by Crippen LogP contribution is 2.41. The minimum absolute atomic E-state index is 0.0574. The lowest BCUT2D eigenvalue weighted by Crippen LogP contribution is -2.46. The summed E-state index contributed by atoms with van der Waals surface area (Å²) < 4.78 is 11.9. The van der Waals surface area contributed by atoms with Gasteiger partial charge in [0.05, 0.1) is 11.4 Å². The van der Waals surface area contributed by atoms with Gasteiger partial charge in [0.2, 0.25) is 0 Å². The van der Waals surface area contributed by atoms with E-state index in [9.17, 15) is 4.79 Å². The van der Waals surface area contributed by atoms with Crippen molar-refractivity contribution < 1.29 is 14.3 Å². The molecule has 4 rings (SSSR count). The average Bonchev–Trinajstić information content (AvgIpc) is 3.07. The number of amides is 1. The predicted octanol–water partition coefficient (Wildman–Crippen LogP) is 3.56. The first-order chi connectivity index (χ1) is 14.4. The van der Waals surface area contributed by atoms with E-state index in [-0.39, 0.29) is 18.1 Å². The van der Waals surface area contributed by atoms with Crippen LogP contribution in [0.2, 0.25) is 0 Å². The third-order valence-corrected chi connectivity index (χ3v) is 5.75. The zero-order chi connectivity index (χ0) is 21.1. The number of likely N-dealkylation sites (N-methyl/N-ethyl adjacent to an activating group) is 1. The lowest BCUT2D eigenvalue weighted by Gasteiger charge is -2.36. The molecule has 2 aliphatic heterocycles. The number of ether oxygens (including phenoxy) is 2. The number of hydrogen-bond acceptors (Lipinski definition) is 5. The van der Waals surface area contributed by atoms with Gasteiger partial charge in [0.15, 0.2) is 18.1 Å². The average molecular weight is 410 g/mol. The minimum Gasteiger partial charge on any atom is -0.483 e. The van der Waals surface area contributed by atoms with Gasteiger partial charge in [0.1, 0.15) is 5.60 Å². The molecule has 1 N–H and O–H groups in total. The molecule has 0 aromatic heterocycles. The van der Waals surface area contributed by atoms with E-state index in [0.29, 0.717) is 5.75 Å². The summed E-state index contributed by atoms with van der Waals surface area (Å²) in [6, 6.07) is 13.8. The van der Waals surface area contributed by atoms with E-state index < -0.39 is 0 Å². The Kier molecular flexibility index (Phi) is 5.86. The van der Waals surface area contributed by atoms with Crippen LogP contribution in [0.4, 0.5) is 11.4 Å². The summed E-state index contributed by atoms with van der Waals surface area (Å²) in [5.74, 6) is 1.20. The number of carbonyl (C=O) groups is 1.